The average molecular weight is 342 g/mol. The van der Waals surface area contributed by atoms with Gasteiger partial charge in [-0.25, -0.2) is 0 Å². The van der Waals surface area contributed by atoms with Crippen molar-refractivity contribution in [1.29, 1.82) is 0 Å². The molecule has 0 aliphatic rings. The molecule has 0 fully saturated rings. The van der Waals surface area contributed by atoms with E-state index in [-0.39, 0.29) is 5.91 Å². The number of amides is 1. The Balaban J connectivity index is 1.72. The lowest BCUT2D eigenvalue weighted by molar-refractivity contribution is -0.115. The molecule has 2 atom stereocenters. The molecule has 1 aromatic heterocycles. The van der Waals surface area contributed by atoms with Crippen LogP contribution in [-0.4, -0.2) is 20.5 Å². The standard InChI is InChI=1S/C18H18N2O3S/c1-12-10-17(20-23-12)19-18(21)13(2)24(22)11-15-8-5-7-14-6-3-4-9-16(14)15/h3-10,13H,11H2,1-2H3,(H,19,20,21)/t13-,24+/m1/s1. The number of rotatable bonds is 5. The number of hydrogen-bond donors (Lipinski definition) is 1. The van der Waals surface area contributed by atoms with Crippen LogP contribution in [0.5, 0.6) is 0 Å². The fourth-order valence-electron chi connectivity index (χ4n) is 2.47. The second kappa shape index (κ2) is 6.97. The molecule has 0 radical (unpaired) electrons. The van der Waals surface area contributed by atoms with Crippen LogP contribution in [0.25, 0.3) is 10.8 Å². The number of benzene rings is 2. The van der Waals surface area contributed by atoms with E-state index in [0.717, 1.165) is 16.3 Å². The highest BCUT2D eigenvalue weighted by molar-refractivity contribution is 7.85. The van der Waals surface area contributed by atoms with Crippen LogP contribution in [0, 0.1) is 6.92 Å². The van der Waals surface area contributed by atoms with Gasteiger partial charge >= 0.3 is 0 Å². The Labute approximate surface area is 142 Å². The van der Waals surface area contributed by atoms with Gasteiger partial charge < -0.3 is 9.84 Å². The van der Waals surface area contributed by atoms with Crippen LogP contribution in [0.2, 0.25) is 0 Å². The molecule has 1 heterocycles. The van der Waals surface area contributed by atoms with Gasteiger partial charge in [-0.05, 0) is 30.2 Å². The maximum Gasteiger partial charge on any atom is 0.241 e. The summed E-state index contributed by atoms with van der Waals surface area (Å²) in [5.41, 5.74) is 0.975. The second-order valence-electron chi connectivity index (χ2n) is 5.62. The molecule has 0 unspecified atom stereocenters. The molecule has 24 heavy (non-hydrogen) atoms. The lowest BCUT2D eigenvalue weighted by Gasteiger charge is -2.12. The first-order valence-corrected chi connectivity index (χ1v) is 9.01. The molecule has 1 N–H and O–H groups in total. The molecule has 1 amide bonds. The van der Waals surface area contributed by atoms with E-state index in [2.05, 4.69) is 10.5 Å². The molecule has 3 aromatic rings. The number of nitrogens with one attached hydrogen (secondary N) is 1. The lowest BCUT2D eigenvalue weighted by atomic mass is 10.1. The lowest BCUT2D eigenvalue weighted by Crippen LogP contribution is -2.29. The summed E-state index contributed by atoms with van der Waals surface area (Å²) in [6.07, 6.45) is 0. The largest absolute Gasteiger partial charge is 0.360 e. The summed E-state index contributed by atoms with van der Waals surface area (Å²) in [5, 5.41) is 7.86. The first-order chi connectivity index (χ1) is 11.5. The van der Waals surface area contributed by atoms with Gasteiger partial charge in [0.1, 0.15) is 11.0 Å². The Morgan fingerprint density at radius 2 is 2.00 bits per heavy atom. The predicted octanol–water partition coefficient (Wildman–Crippen LogP) is 3.41. The van der Waals surface area contributed by atoms with Crippen LogP contribution in [0.4, 0.5) is 5.82 Å². The number of carbonyl (C=O) groups excluding carboxylic acids is 1. The Morgan fingerprint density at radius 3 is 2.75 bits per heavy atom. The van der Waals surface area contributed by atoms with Gasteiger partial charge in [0, 0.05) is 22.6 Å². The second-order valence-corrected chi connectivity index (χ2v) is 7.37. The highest BCUT2D eigenvalue weighted by Crippen LogP contribution is 2.21. The summed E-state index contributed by atoms with van der Waals surface area (Å²) in [7, 11) is -1.34. The summed E-state index contributed by atoms with van der Waals surface area (Å²) in [4.78, 5) is 12.2. The van der Waals surface area contributed by atoms with E-state index < -0.39 is 16.0 Å². The summed E-state index contributed by atoms with van der Waals surface area (Å²) in [6.45, 7) is 3.40. The monoisotopic (exact) mass is 342 g/mol. The summed E-state index contributed by atoms with van der Waals surface area (Å²) in [6, 6.07) is 15.5. The van der Waals surface area contributed by atoms with Gasteiger partial charge in [-0.1, -0.05) is 47.6 Å². The van der Waals surface area contributed by atoms with Crippen molar-refractivity contribution in [2.45, 2.75) is 24.9 Å². The van der Waals surface area contributed by atoms with E-state index >= 15 is 0 Å². The van der Waals surface area contributed by atoms with E-state index in [1.54, 1.807) is 19.9 Å². The normalized spacial score (nSPS) is 13.6. The Kier molecular flexibility index (Phi) is 4.76. The molecular weight excluding hydrogens is 324 g/mol. The Bertz CT molecular complexity index is 899. The zero-order chi connectivity index (χ0) is 17.1. The quantitative estimate of drug-likeness (QED) is 0.771. The van der Waals surface area contributed by atoms with E-state index in [4.69, 9.17) is 4.52 Å². The number of aromatic nitrogens is 1. The van der Waals surface area contributed by atoms with E-state index in [0.29, 0.717) is 17.3 Å². The number of fused-ring (bicyclic) bond motifs is 1. The van der Waals surface area contributed by atoms with Crippen molar-refractivity contribution in [3.05, 3.63) is 59.9 Å². The zero-order valence-corrected chi connectivity index (χ0v) is 14.3. The minimum atomic E-state index is -1.34. The first-order valence-electron chi connectivity index (χ1n) is 7.62. The molecule has 0 bridgehead atoms. The number of carbonyl (C=O) groups is 1. The van der Waals surface area contributed by atoms with Crippen LogP contribution in [0.3, 0.4) is 0 Å². The Hall–Kier alpha value is -2.47. The van der Waals surface area contributed by atoms with Crippen LogP contribution < -0.4 is 5.32 Å². The zero-order valence-electron chi connectivity index (χ0n) is 13.5. The van der Waals surface area contributed by atoms with Gasteiger partial charge in [0.2, 0.25) is 5.91 Å². The van der Waals surface area contributed by atoms with E-state index in [9.17, 15) is 9.00 Å². The molecule has 3 rings (SSSR count). The number of hydrogen-bond acceptors (Lipinski definition) is 4. The van der Waals surface area contributed by atoms with Gasteiger partial charge in [0.05, 0.1) is 0 Å². The average Bonchev–Trinajstić information content (AvgIpc) is 2.99. The molecule has 0 saturated carbocycles. The molecular formula is C18H18N2O3S. The highest BCUT2D eigenvalue weighted by atomic mass is 32.2. The van der Waals surface area contributed by atoms with Gasteiger partial charge in [-0.2, -0.15) is 0 Å². The van der Waals surface area contributed by atoms with Crippen molar-refractivity contribution >= 4 is 33.3 Å². The third kappa shape index (κ3) is 3.54. The van der Waals surface area contributed by atoms with Crippen molar-refractivity contribution in [3.8, 4) is 0 Å². The van der Waals surface area contributed by atoms with Crippen LogP contribution in [0.1, 0.15) is 18.2 Å². The maximum atomic E-state index is 12.6. The van der Waals surface area contributed by atoms with Gasteiger partial charge in [0.25, 0.3) is 0 Å². The molecule has 0 saturated heterocycles. The van der Waals surface area contributed by atoms with Crippen molar-refractivity contribution in [1.82, 2.24) is 5.16 Å². The molecule has 124 valence electrons. The highest BCUT2D eigenvalue weighted by Gasteiger charge is 2.21. The third-order valence-electron chi connectivity index (χ3n) is 3.82. The van der Waals surface area contributed by atoms with Crippen molar-refractivity contribution in [3.63, 3.8) is 0 Å². The smallest absolute Gasteiger partial charge is 0.241 e. The van der Waals surface area contributed by atoms with Gasteiger partial charge in [0.15, 0.2) is 5.82 Å². The molecule has 0 aliphatic heterocycles. The fourth-order valence-corrected chi connectivity index (χ4v) is 3.58. The van der Waals surface area contributed by atoms with Crippen LogP contribution in [-0.2, 0) is 21.3 Å². The number of nitrogens with zero attached hydrogens (tertiary/aromatic N) is 1. The summed E-state index contributed by atoms with van der Waals surface area (Å²) < 4.78 is 17.5. The molecule has 0 aliphatic carbocycles. The molecule has 2 aromatic carbocycles. The molecule has 5 nitrogen and oxygen atoms in total. The fraction of sp³-hybridized carbons (Fsp3) is 0.222. The van der Waals surface area contributed by atoms with E-state index in [1.165, 1.54) is 0 Å². The minimum absolute atomic E-state index is 0.327. The van der Waals surface area contributed by atoms with Gasteiger partial charge in [-0.15, -0.1) is 0 Å². The van der Waals surface area contributed by atoms with Crippen molar-refractivity contribution < 1.29 is 13.5 Å². The maximum absolute atomic E-state index is 12.6. The van der Waals surface area contributed by atoms with Crippen LogP contribution >= 0.6 is 0 Å². The summed E-state index contributed by atoms with van der Waals surface area (Å²) in [5.74, 6) is 0.941. The molecule has 0 spiro atoms. The topological polar surface area (TPSA) is 72.2 Å². The van der Waals surface area contributed by atoms with E-state index in [1.807, 2.05) is 42.5 Å². The molecule has 6 heteroatoms. The Morgan fingerprint density at radius 1 is 1.25 bits per heavy atom. The van der Waals surface area contributed by atoms with Crippen molar-refractivity contribution in [2.75, 3.05) is 5.32 Å². The summed E-state index contributed by atoms with van der Waals surface area (Å²) >= 11 is 0. The van der Waals surface area contributed by atoms with Crippen LogP contribution in [0.15, 0.2) is 53.1 Å². The third-order valence-corrected chi connectivity index (χ3v) is 5.42. The SMILES string of the molecule is Cc1cc(NC(=O)[C@@H](C)[S@@](=O)Cc2cccc3ccccc23)no1. The predicted molar refractivity (Wildman–Crippen MR) is 95.1 cm³/mol. The minimum Gasteiger partial charge on any atom is -0.360 e. The number of anilines is 1. The van der Waals surface area contributed by atoms with Crippen molar-refractivity contribution in [2.24, 2.45) is 0 Å². The number of aryl methyl sites for hydroxylation is 1. The van der Waals surface area contributed by atoms with Gasteiger partial charge in [-0.3, -0.25) is 9.00 Å². The first kappa shape index (κ1) is 16.4.